The van der Waals surface area contributed by atoms with Crippen LogP contribution in [-0.2, 0) is 6.54 Å². The third-order valence-electron chi connectivity index (χ3n) is 5.43. The van der Waals surface area contributed by atoms with Gasteiger partial charge < -0.3 is 18.8 Å². The molecular formula is C28H30N2O3. The Morgan fingerprint density at radius 3 is 2.55 bits per heavy atom. The van der Waals surface area contributed by atoms with Crippen molar-refractivity contribution in [3.8, 4) is 17.2 Å². The molecule has 0 saturated heterocycles. The van der Waals surface area contributed by atoms with Crippen LogP contribution in [0.5, 0.6) is 17.2 Å². The number of para-hydroxylation sites is 3. The van der Waals surface area contributed by atoms with Crippen LogP contribution in [0.15, 0.2) is 78.9 Å². The largest absolute Gasteiger partial charge is 0.493 e. The van der Waals surface area contributed by atoms with Crippen LogP contribution in [0.2, 0.25) is 0 Å². The van der Waals surface area contributed by atoms with Gasteiger partial charge in [-0.2, -0.15) is 0 Å². The molecule has 4 aromatic rings. The molecule has 1 unspecified atom stereocenters. The van der Waals surface area contributed by atoms with Crippen LogP contribution in [0.25, 0.3) is 17.1 Å². The summed E-state index contributed by atoms with van der Waals surface area (Å²) in [5.74, 6) is 3.24. The molecule has 1 heterocycles. The van der Waals surface area contributed by atoms with E-state index in [-0.39, 0.29) is 6.10 Å². The van der Waals surface area contributed by atoms with Gasteiger partial charge in [-0.15, -0.1) is 0 Å². The third kappa shape index (κ3) is 5.37. The van der Waals surface area contributed by atoms with Crippen molar-refractivity contribution in [1.82, 2.24) is 9.55 Å². The minimum atomic E-state index is -0.181. The summed E-state index contributed by atoms with van der Waals surface area (Å²) in [6, 6.07) is 24.0. The van der Waals surface area contributed by atoms with Gasteiger partial charge in [0.05, 0.1) is 24.8 Å². The predicted molar refractivity (Wildman–Crippen MR) is 133 cm³/mol. The molecule has 0 radical (unpaired) electrons. The van der Waals surface area contributed by atoms with Gasteiger partial charge in [0.25, 0.3) is 0 Å². The van der Waals surface area contributed by atoms with Crippen molar-refractivity contribution in [3.63, 3.8) is 0 Å². The number of rotatable bonds is 10. The maximum atomic E-state index is 6.17. The van der Waals surface area contributed by atoms with Gasteiger partial charge in [0.15, 0.2) is 23.4 Å². The number of nitrogens with zero attached hydrogens (tertiary/aromatic N) is 2. The maximum Gasteiger partial charge on any atom is 0.161 e. The van der Waals surface area contributed by atoms with E-state index in [0.717, 1.165) is 52.6 Å². The van der Waals surface area contributed by atoms with Crippen molar-refractivity contribution in [1.29, 1.82) is 0 Å². The Kier molecular flexibility index (Phi) is 7.30. The highest BCUT2D eigenvalue weighted by molar-refractivity contribution is 5.76. The molecule has 1 atom stereocenters. The highest BCUT2D eigenvalue weighted by Crippen LogP contribution is 2.29. The third-order valence-corrected chi connectivity index (χ3v) is 5.43. The summed E-state index contributed by atoms with van der Waals surface area (Å²) in [5, 5.41) is 0. The Morgan fingerprint density at radius 1 is 0.970 bits per heavy atom. The highest BCUT2D eigenvalue weighted by atomic mass is 16.5. The number of fused-ring (bicyclic) bond motifs is 1. The van der Waals surface area contributed by atoms with Gasteiger partial charge in [0, 0.05) is 6.54 Å². The van der Waals surface area contributed by atoms with Crippen molar-refractivity contribution in [2.45, 2.75) is 32.9 Å². The first-order chi connectivity index (χ1) is 16.2. The van der Waals surface area contributed by atoms with E-state index in [2.05, 4.69) is 10.6 Å². The van der Waals surface area contributed by atoms with Crippen molar-refractivity contribution >= 4 is 17.1 Å². The predicted octanol–water partition coefficient (Wildman–Crippen LogP) is 6.69. The number of hydrogen-bond acceptors (Lipinski definition) is 4. The standard InChI is InChI=1S/C28H30N2O3/c1-4-11-22-16-17-26(27(20-22)31-3)32-19-10-18-30-25-15-9-8-14-24(25)29-28(30)21(2)33-23-12-6-5-7-13-23/h4-9,11-17,20-21H,10,18-19H2,1-3H3/b11-4+. The zero-order valence-corrected chi connectivity index (χ0v) is 19.4. The van der Waals surface area contributed by atoms with Crippen molar-refractivity contribution < 1.29 is 14.2 Å². The normalized spacial score (nSPS) is 12.2. The number of benzene rings is 3. The van der Waals surface area contributed by atoms with Crippen LogP contribution in [0, 0.1) is 0 Å². The van der Waals surface area contributed by atoms with E-state index in [1.165, 1.54) is 0 Å². The summed E-state index contributed by atoms with van der Waals surface area (Å²) in [7, 11) is 1.67. The number of ether oxygens (including phenoxy) is 3. The number of imidazole rings is 1. The molecule has 0 bridgehead atoms. The second kappa shape index (κ2) is 10.7. The molecule has 33 heavy (non-hydrogen) atoms. The fourth-order valence-electron chi connectivity index (χ4n) is 3.90. The Labute approximate surface area is 195 Å². The molecule has 0 spiro atoms. The van der Waals surface area contributed by atoms with Crippen LogP contribution in [0.4, 0.5) is 0 Å². The molecule has 4 rings (SSSR count). The first-order valence-electron chi connectivity index (χ1n) is 11.3. The summed E-state index contributed by atoms with van der Waals surface area (Å²) in [6.07, 6.45) is 4.69. The topological polar surface area (TPSA) is 45.5 Å². The van der Waals surface area contributed by atoms with Gasteiger partial charge in [-0.1, -0.05) is 48.6 Å². The van der Waals surface area contributed by atoms with Crippen LogP contribution in [0.1, 0.15) is 37.8 Å². The first-order valence-corrected chi connectivity index (χ1v) is 11.3. The molecule has 0 aliphatic carbocycles. The number of aryl methyl sites for hydroxylation is 1. The van der Waals surface area contributed by atoms with Gasteiger partial charge in [-0.3, -0.25) is 0 Å². The molecule has 1 aromatic heterocycles. The van der Waals surface area contributed by atoms with E-state index in [9.17, 15) is 0 Å². The fourth-order valence-corrected chi connectivity index (χ4v) is 3.90. The van der Waals surface area contributed by atoms with Crippen molar-refractivity contribution in [2.75, 3.05) is 13.7 Å². The summed E-state index contributed by atoms with van der Waals surface area (Å²) >= 11 is 0. The smallest absolute Gasteiger partial charge is 0.161 e. The van der Waals surface area contributed by atoms with Gasteiger partial charge in [0.2, 0.25) is 0 Å². The lowest BCUT2D eigenvalue weighted by atomic mass is 10.2. The minimum absolute atomic E-state index is 0.181. The molecule has 3 aromatic carbocycles. The molecule has 170 valence electrons. The van der Waals surface area contributed by atoms with Gasteiger partial charge in [0.1, 0.15) is 5.75 Å². The van der Waals surface area contributed by atoms with Crippen LogP contribution in [-0.4, -0.2) is 23.3 Å². The van der Waals surface area contributed by atoms with E-state index in [4.69, 9.17) is 19.2 Å². The Hall–Kier alpha value is -3.73. The number of hydrogen-bond donors (Lipinski definition) is 0. The maximum absolute atomic E-state index is 6.17. The molecule has 0 aliphatic rings. The van der Waals surface area contributed by atoms with Crippen LogP contribution >= 0.6 is 0 Å². The lowest BCUT2D eigenvalue weighted by Crippen LogP contribution is -2.13. The van der Waals surface area contributed by atoms with Gasteiger partial charge in [-0.05, 0) is 62.2 Å². The quantitative estimate of drug-likeness (QED) is 0.257. The zero-order valence-electron chi connectivity index (χ0n) is 19.4. The second-order valence-corrected chi connectivity index (χ2v) is 7.80. The Balaban J connectivity index is 1.47. The molecule has 0 saturated carbocycles. The lowest BCUT2D eigenvalue weighted by molar-refractivity contribution is 0.209. The first kappa shape index (κ1) is 22.5. The molecule has 5 heteroatoms. The highest BCUT2D eigenvalue weighted by Gasteiger charge is 2.18. The van der Waals surface area contributed by atoms with E-state index < -0.39 is 0 Å². The molecule has 5 nitrogen and oxygen atoms in total. The molecule has 0 amide bonds. The lowest BCUT2D eigenvalue weighted by Gasteiger charge is -2.17. The van der Waals surface area contributed by atoms with Crippen LogP contribution in [0.3, 0.4) is 0 Å². The summed E-state index contributed by atoms with van der Waals surface area (Å²) in [4.78, 5) is 4.87. The van der Waals surface area contributed by atoms with Gasteiger partial charge in [-0.25, -0.2) is 4.98 Å². The van der Waals surface area contributed by atoms with E-state index in [0.29, 0.717) is 6.61 Å². The van der Waals surface area contributed by atoms with E-state index >= 15 is 0 Å². The molecular weight excluding hydrogens is 412 g/mol. The summed E-state index contributed by atoms with van der Waals surface area (Å²) in [5.41, 5.74) is 3.16. The Bertz CT molecular complexity index is 1210. The van der Waals surface area contributed by atoms with Crippen molar-refractivity contribution in [3.05, 3.63) is 90.3 Å². The number of allylic oxidation sites excluding steroid dienone is 1. The van der Waals surface area contributed by atoms with Crippen LogP contribution < -0.4 is 14.2 Å². The minimum Gasteiger partial charge on any atom is -0.493 e. The SMILES string of the molecule is C/C=C/c1ccc(OCCCn2c(C(C)Oc3ccccc3)nc3ccccc32)c(OC)c1. The fraction of sp³-hybridized carbons (Fsp3) is 0.250. The Morgan fingerprint density at radius 2 is 1.76 bits per heavy atom. The monoisotopic (exact) mass is 442 g/mol. The zero-order chi connectivity index (χ0) is 23.0. The average molecular weight is 443 g/mol. The average Bonchev–Trinajstić information content (AvgIpc) is 3.22. The van der Waals surface area contributed by atoms with Crippen molar-refractivity contribution in [2.24, 2.45) is 0 Å². The molecule has 0 N–H and O–H groups in total. The molecule has 0 aliphatic heterocycles. The number of methoxy groups -OCH3 is 1. The second-order valence-electron chi connectivity index (χ2n) is 7.80. The van der Waals surface area contributed by atoms with E-state index in [1.54, 1.807) is 7.11 Å². The molecule has 0 fully saturated rings. The summed E-state index contributed by atoms with van der Waals surface area (Å²) in [6.45, 7) is 5.38. The summed E-state index contributed by atoms with van der Waals surface area (Å²) < 4.78 is 20.0. The van der Waals surface area contributed by atoms with Gasteiger partial charge >= 0.3 is 0 Å². The van der Waals surface area contributed by atoms with E-state index in [1.807, 2.05) is 92.7 Å². The number of aromatic nitrogens is 2.